The van der Waals surface area contributed by atoms with Crippen molar-refractivity contribution in [1.29, 1.82) is 0 Å². The molecule has 124 valence electrons. The Morgan fingerprint density at radius 3 is 2.79 bits per heavy atom. The van der Waals surface area contributed by atoms with Crippen molar-refractivity contribution in [2.45, 2.75) is 25.4 Å². The molecule has 0 amide bonds. The van der Waals surface area contributed by atoms with Gasteiger partial charge in [0.15, 0.2) is 5.65 Å². The average molecular weight is 326 g/mol. The summed E-state index contributed by atoms with van der Waals surface area (Å²) in [6, 6.07) is 11.2. The predicted octanol–water partition coefficient (Wildman–Crippen LogP) is 2.34. The number of piperidine rings is 1. The summed E-state index contributed by atoms with van der Waals surface area (Å²) in [4.78, 5) is 2.30. The molecule has 3 heterocycles. The van der Waals surface area contributed by atoms with E-state index in [2.05, 4.69) is 25.5 Å². The lowest BCUT2D eigenvalue weighted by Crippen LogP contribution is -2.39. The molecule has 0 radical (unpaired) electrons. The van der Waals surface area contributed by atoms with Gasteiger partial charge in [-0.15, -0.1) is 15.3 Å². The van der Waals surface area contributed by atoms with Gasteiger partial charge in [0.1, 0.15) is 18.0 Å². The maximum Gasteiger partial charge on any atom is 0.177 e. The Morgan fingerprint density at radius 1 is 1.12 bits per heavy atom. The van der Waals surface area contributed by atoms with Gasteiger partial charge in [0.2, 0.25) is 0 Å². The van der Waals surface area contributed by atoms with Crippen LogP contribution in [0.5, 0.6) is 0 Å². The Bertz CT molecular complexity index is 825. The molecule has 0 saturated carbocycles. The molecule has 3 aromatic rings. The van der Waals surface area contributed by atoms with Gasteiger partial charge < -0.3 is 5.32 Å². The van der Waals surface area contributed by atoms with Crippen LogP contribution < -0.4 is 5.32 Å². The van der Waals surface area contributed by atoms with E-state index in [9.17, 15) is 4.39 Å². The third-order valence-electron chi connectivity index (χ3n) is 4.45. The third-order valence-corrected chi connectivity index (χ3v) is 4.45. The fourth-order valence-corrected chi connectivity index (χ4v) is 3.12. The second-order valence-electron chi connectivity index (χ2n) is 6.14. The number of nitrogens with zero attached hydrogens (tertiary/aromatic N) is 5. The molecule has 0 atom stereocenters. The van der Waals surface area contributed by atoms with Gasteiger partial charge in [-0.25, -0.2) is 4.39 Å². The molecule has 1 saturated heterocycles. The van der Waals surface area contributed by atoms with Crippen molar-refractivity contribution in [1.82, 2.24) is 24.7 Å². The van der Waals surface area contributed by atoms with Gasteiger partial charge in [0.25, 0.3) is 0 Å². The summed E-state index contributed by atoms with van der Waals surface area (Å²) < 4.78 is 15.4. The van der Waals surface area contributed by atoms with E-state index in [1.54, 1.807) is 16.9 Å². The van der Waals surface area contributed by atoms with E-state index in [0.29, 0.717) is 12.6 Å². The number of nitrogens with one attached hydrogen (secondary N) is 1. The molecule has 1 aromatic carbocycles. The molecule has 6 nitrogen and oxygen atoms in total. The lowest BCUT2D eigenvalue weighted by molar-refractivity contribution is 0.209. The maximum absolute atomic E-state index is 13.8. The van der Waals surface area contributed by atoms with Crippen LogP contribution in [0, 0.1) is 5.82 Å². The number of fused-ring (bicyclic) bond motifs is 1. The van der Waals surface area contributed by atoms with Crippen LogP contribution in [0.15, 0.2) is 42.7 Å². The average Bonchev–Trinajstić information content (AvgIpc) is 3.06. The lowest BCUT2D eigenvalue weighted by Gasteiger charge is -2.32. The topological polar surface area (TPSA) is 58.3 Å². The van der Waals surface area contributed by atoms with Gasteiger partial charge >= 0.3 is 0 Å². The van der Waals surface area contributed by atoms with Crippen LogP contribution in [0.3, 0.4) is 0 Å². The molecule has 0 aliphatic carbocycles. The normalized spacial score (nSPS) is 16.5. The van der Waals surface area contributed by atoms with Crippen LogP contribution in [-0.4, -0.2) is 43.8 Å². The molecule has 7 heteroatoms. The second-order valence-corrected chi connectivity index (χ2v) is 6.14. The van der Waals surface area contributed by atoms with Crippen molar-refractivity contribution in [2.24, 2.45) is 0 Å². The van der Waals surface area contributed by atoms with E-state index in [1.807, 2.05) is 24.3 Å². The number of anilines is 1. The molecule has 4 rings (SSSR count). The van der Waals surface area contributed by atoms with E-state index in [0.717, 1.165) is 43.0 Å². The minimum atomic E-state index is -0.121. The van der Waals surface area contributed by atoms with Crippen molar-refractivity contribution < 1.29 is 4.39 Å². The SMILES string of the molecule is Fc1ccccc1CN1CCC(Nc2ccc3nncn3n2)CC1. The minimum absolute atomic E-state index is 0.121. The van der Waals surface area contributed by atoms with Crippen molar-refractivity contribution in [2.75, 3.05) is 18.4 Å². The van der Waals surface area contributed by atoms with Crippen LogP contribution in [0.4, 0.5) is 10.2 Å². The number of hydrogen-bond acceptors (Lipinski definition) is 5. The zero-order chi connectivity index (χ0) is 16.4. The summed E-state index contributed by atoms with van der Waals surface area (Å²) in [6.07, 6.45) is 3.62. The number of aromatic nitrogens is 4. The molecular formula is C17H19FN6. The standard InChI is InChI=1S/C17H19FN6/c18-15-4-2-1-3-13(15)11-23-9-7-14(8-10-23)20-16-5-6-17-21-19-12-24(17)22-16/h1-6,12,14H,7-11H2,(H,20,22). The molecule has 2 aromatic heterocycles. The van der Waals surface area contributed by atoms with E-state index >= 15 is 0 Å². The lowest BCUT2D eigenvalue weighted by atomic mass is 10.0. The fourth-order valence-electron chi connectivity index (χ4n) is 3.12. The van der Waals surface area contributed by atoms with Gasteiger partial charge in [0, 0.05) is 31.2 Å². The van der Waals surface area contributed by atoms with Gasteiger partial charge in [-0.05, 0) is 31.0 Å². The summed E-state index contributed by atoms with van der Waals surface area (Å²) in [5.41, 5.74) is 1.50. The van der Waals surface area contributed by atoms with E-state index < -0.39 is 0 Å². The maximum atomic E-state index is 13.8. The summed E-state index contributed by atoms with van der Waals surface area (Å²) in [6.45, 7) is 2.56. The largest absolute Gasteiger partial charge is 0.366 e. The van der Waals surface area contributed by atoms with Crippen molar-refractivity contribution >= 4 is 11.5 Å². The molecule has 1 aliphatic rings. The predicted molar refractivity (Wildman–Crippen MR) is 89.1 cm³/mol. The number of rotatable bonds is 4. The van der Waals surface area contributed by atoms with Crippen molar-refractivity contribution in [3.8, 4) is 0 Å². The van der Waals surface area contributed by atoms with Crippen LogP contribution in [-0.2, 0) is 6.54 Å². The molecule has 1 N–H and O–H groups in total. The quantitative estimate of drug-likeness (QED) is 0.797. The van der Waals surface area contributed by atoms with Crippen molar-refractivity contribution in [3.63, 3.8) is 0 Å². The van der Waals surface area contributed by atoms with Gasteiger partial charge in [-0.2, -0.15) is 4.52 Å². The highest BCUT2D eigenvalue weighted by Crippen LogP contribution is 2.18. The van der Waals surface area contributed by atoms with Crippen LogP contribution in [0.25, 0.3) is 5.65 Å². The molecule has 0 unspecified atom stereocenters. The fraction of sp³-hybridized carbons (Fsp3) is 0.353. The molecule has 0 spiro atoms. The second kappa shape index (κ2) is 6.52. The van der Waals surface area contributed by atoms with Crippen LogP contribution in [0.2, 0.25) is 0 Å². The zero-order valence-corrected chi connectivity index (χ0v) is 13.3. The highest BCUT2D eigenvalue weighted by Gasteiger charge is 2.20. The third kappa shape index (κ3) is 3.21. The van der Waals surface area contributed by atoms with Crippen molar-refractivity contribution in [3.05, 3.63) is 54.1 Å². The zero-order valence-electron chi connectivity index (χ0n) is 13.3. The van der Waals surface area contributed by atoms with E-state index in [-0.39, 0.29) is 5.82 Å². The van der Waals surface area contributed by atoms with Gasteiger partial charge in [-0.3, -0.25) is 4.90 Å². The number of halogens is 1. The molecule has 1 aliphatic heterocycles. The molecule has 1 fully saturated rings. The number of hydrogen-bond donors (Lipinski definition) is 1. The highest BCUT2D eigenvalue weighted by atomic mass is 19.1. The minimum Gasteiger partial charge on any atom is -0.366 e. The molecular weight excluding hydrogens is 307 g/mol. The van der Waals surface area contributed by atoms with E-state index in [1.165, 1.54) is 6.07 Å². The number of benzene rings is 1. The van der Waals surface area contributed by atoms with Crippen LogP contribution >= 0.6 is 0 Å². The first-order valence-electron chi connectivity index (χ1n) is 8.17. The first-order valence-corrected chi connectivity index (χ1v) is 8.17. The Morgan fingerprint density at radius 2 is 1.96 bits per heavy atom. The smallest absolute Gasteiger partial charge is 0.177 e. The monoisotopic (exact) mass is 326 g/mol. The van der Waals surface area contributed by atoms with Crippen LogP contribution in [0.1, 0.15) is 18.4 Å². The highest BCUT2D eigenvalue weighted by molar-refractivity contribution is 5.43. The van der Waals surface area contributed by atoms with E-state index in [4.69, 9.17) is 0 Å². The summed E-state index contributed by atoms with van der Waals surface area (Å²) >= 11 is 0. The first-order chi connectivity index (χ1) is 11.8. The Balaban J connectivity index is 1.33. The van der Waals surface area contributed by atoms with Gasteiger partial charge in [0.05, 0.1) is 0 Å². The Labute approximate surface area is 139 Å². The molecule has 24 heavy (non-hydrogen) atoms. The first kappa shape index (κ1) is 15.0. The molecule has 0 bridgehead atoms. The summed E-state index contributed by atoms with van der Waals surface area (Å²) in [5.74, 6) is 0.707. The summed E-state index contributed by atoms with van der Waals surface area (Å²) in [5, 5.41) is 15.7. The Hall–Kier alpha value is -2.54. The number of likely N-dealkylation sites (tertiary alicyclic amines) is 1. The van der Waals surface area contributed by atoms with Gasteiger partial charge in [-0.1, -0.05) is 18.2 Å². The Kier molecular flexibility index (Phi) is 4.08. The summed E-state index contributed by atoms with van der Waals surface area (Å²) in [7, 11) is 0.